The van der Waals surface area contributed by atoms with Crippen LogP contribution in [-0.4, -0.2) is 132 Å². The van der Waals surface area contributed by atoms with Crippen LogP contribution in [-0.2, 0) is 41.5 Å². The van der Waals surface area contributed by atoms with Crippen molar-refractivity contribution >= 4 is 38.5 Å². The fourth-order valence-corrected chi connectivity index (χ4v) is 7.86. The van der Waals surface area contributed by atoms with Gasteiger partial charge in [-0.3, -0.25) is 43.8 Å². The predicted octanol–water partition coefficient (Wildman–Crippen LogP) is -4.71. The molecule has 248 valence electrons. The molecule has 5 unspecified atom stereocenters. The molecule has 5 aliphatic heterocycles. The first-order valence-corrected chi connectivity index (χ1v) is 16.5. The SMILES string of the molecule is Nc1ncnc2c1ncn2[C@@H]1O[C@@H]2COP(=O)(O)O[C@@H]3[C@H](O)[C@@H](COP(=O)(O)O[C@H]2[C@H]1O)O[C@H]3N1CNC2C(=O)NC(N)NC21. The molecule has 2 bridgehead atoms. The van der Waals surface area contributed by atoms with Gasteiger partial charge in [0, 0.05) is 0 Å². The summed E-state index contributed by atoms with van der Waals surface area (Å²) in [6.45, 7) is -1.58. The van der Waals surface area contributed by atoms with Crippen molar-refractivity contribution in [2.75, 3.05) is 25.6 Å². The van der Waals surface area contributed by atoms with Gasteiger partial charge in [-0.15, -0.1) is 0 Å². The monoisotopic (exact) mass is 680 g/mol. The predicted molar refractivity (Wildman–Crippen MR) is 142 cm³/mol. The molecule has 2 aromatic rings. The van der Waals surface area contributed by atoms with Crippen LogP contribution in [0.4, 0.5) is 5.82 Å². The highest BCUT2D eigenvalue weighted by molar-refractivity contribution is 7.47. The molecule has 0 radical (unpaired) electrons. The number of hydrogen-bond donors (Lipinski definition) is 9. The van der Waals surface area contributed by atoms with Crippen molar-refractivity contribution in [3.8, 4) is 0 Å². The van der Waals surface area contributed by atoms with Crippen molar-refractivity contribution in [3.63, 3.8) is 0 Å². The number of aliphatic hydroxyl groups excluding tert-OH is 2. The van der Waals surface area contributed by atoms with E-state index in [9.17, 15) is 33.9 Å². The first-order chi connectivity index (χ1) is 21.3. The minimum absolute atomic E-state index is 0.0120. The number of imidazole rings is 1. The Labute approximate surface area is 252 Å². The Kier molecular flexibility index (Phi) is 7.97. The number of nitrogens with two attached hydrogens (primary N) is 2. The summed E-state index contributed by atoms with van der Waals surface area (Å²) < 4.78 is 60.3. The Bertz CT molecular complexity index is 1570. The zero-order valence-corrected chi connectivity index (χ0v) is 24.7. The molecular formula is C20H30N10O13P2. The summed E-state index contributed by atoms with van der Waals surface area (Å²) in [5, 5.41) is 30.6. The lowest BCUT2D eigenvalue weighted by atomic mass is 10.1. The largest absolute Gasteiger partial charge is 0.472 e. The van der Waals surface area contributed by atoms with Gasteiger partial charge in [0.1, 0.15) is 67.0 Å². The van der Waals surface area contributed by atoms with E-state index in [1.165, 1.54) is 15.8 Å². The van der Waals surface area contributed by atoms with Crippen LogP contribution in [0.15, 0.2) is 12.7 Å². The van der Waals surface area contributed by atoms with Crippen LogP contribution in [0.1, 0.15) is 6.23 Å². The van der Waals surface area contributed by atoms with Gasteiger partial charge in [0.05, 0.1) is 32.4 Å². The molecule has 5 fully saturated rings. The van der Waals surface area contributed by atoms with E-state index in [0.29, 0.717) is 0 Å². The third-order valence-electron chi connectivity index (χ3n) is 8.02. The number of phosphoric ester groups is 2. The highest BCUT2D eigenvalue weighted by Gasteiger charge is 2.57. The van der Waals surface area contributed by atoms with Crippen molar-refractivity contribution in [1.82, 2.24) is 40.4 Å². The van der Waals surface area contributed by atoms with Crippen molar-refractivity contribution in [3.05, 3.63) is 12.7 Å². The molecule has 0 aliphatic carbocycles. The molecule has 5 aliphatic rings. The number of aliphatic hydroxyl groups is 2. The maximum atomic E-state index is 13.2. The second-order valence-electron chi connectivity index (χ2n) is 10.8. The standard InChI is InChI=1S/C20H30N10O13P2/c21-14-8-15(24-3-23-14)29(4-25-8)18-11(32)12-7(41-18)2-39-45(36,37)43-13-10(31)6(1-38-44(34,35)42-12)40-19(13)30-5-26-9-16(30)27-20(22)28-17(9)33/h3-4,6-7,9-13,16,18-20,26-27,31-32H,1-2,5,22H2,(H,28,33)(H,34,35)(H,36,37)(H2,21,23,24)/t6-,7-,9?,10-,11-,12-,13-,16?,18-,19-,20?/m1/s1. The number of nitrogens with one attached hydrogen (secondary N) is 3. The van der Waals surface area contributed by atoms with Crippen molar-refractivity contribution in [1.29, 1.82) is 0 Å². The number of fused-ring (bicyclic) bond motifs is 5. The van der Waals surface area contributed by atoms with Crippen LogP contribution >= 0.6 is 15.6 Å². The van der Waals surface area contributed by atoms with E-state index >= 15 is 0 Å². The Morgan fingerprint density at radius 3 is 2.40 bits per heavy atom. The lowest BCUT2D eigenvalue weighted by Crippen LogP contribution is -2.71. The van der Waals surface area contributed by atoms with Gasteiger partial charge in [-0.25, -0.2) is 29.0 Å². The zero-order chi connectivity index (χ0) is 31.8. The van der Waals surface area contributed by atoms with E-state index < -0.39 is 102 Å². The van der Waals surface area contributed by atoms with Gasteiger partial charge in [0.15, 0.2) is 17.7 Å². The molecule has 2 aromatic heterocycles. The van der Waals surface area contributed by atoms with Crippen molar-refractivity contribution < 1.29 is 61.5 Å². The zero-order valence-electron chi connectivity index (χ0n) is 22.9. The molecule has 7 rings (SSSR count). The number of ether oxygens (including phenoxy) is 2. The van der Waals surface area contributed by atoms with Gasteiger partial charge >= 0.3 is 15.6 Å². The van der Waals surface area contributed by atoms with Crippen LogP contribution in [0.25, 0.3) is 11.2 Å². The van der Waals surface area contributed by atoms with E-state index in [4.69, 9.17) is 39.0 Å². The summed E-state index contributed by atoms with van der Waals surface area (Å²) in [5.41, 5.74) is 12.0. The maximum Gasteiger partial charge on any atom is 0.472 e. The highest BCUT2D eigenvalue weighted by Crippen LogP contribution is 2.53. The van der Waals surface area contributed by atoms with E-state index in [0.717, 1.165) is 6.33 Å². The second-order valence-corrected chi connectivity index (χ2v) is 13.6. The molecular weight excluding hydrogens is 650 g/mol. The minimum atomic E-state index is -5.06. The summed E-state index contributed by atoms with van der Waals surface area (Å²) in [6, 6.07) is -0.804. The van der Waals surface area contributed by atoms with Crippen LogP contribution in [0.3, 0.4) is 0 Å². The van der Waals surface area contributed by atoms with Gasteiger partial charge in [0.2, 0.25) is 5.91 Å². The Morgan fingerprint density at radius 1 is 0.956 bits per heavy atom. The highest BCUT2D eigenvalue weighted by atomic mass is 31.2. The van der Waals surface area contributed by atoms with E-state index in [2.05, 4.69) is 30.9 Å². The number of anilines is 1. The summed E-state index contributed by atoms with van der Waals surface area (Å²) >= 11 is 0. The Morgan fingerprint density at radius 2 is 1.64 bits per heavy atom. The quantitative estimate of drug-likeness (QED) is 0.135. The van der Waals surface area contributed by atoms with Gasteiger partial charge in [-0.1, -0.05) is 0 Å². The number of amides is 1. The normalized spacial score (nSPS) is 46.2. The van der Waals surface area contributed by atoms with Gasteiger partial charge < -0.3 is 40.5 Å². The molecule has 1 amide bonds. The first kappa shape index (κ1) is 31.3. The molecule has 7 heterocycles. The van der Waals surface area contributed by atoms with Crippen LogP contribution < -0.4 is 27.4 Å². The van der Waals surface area contributed by atoms with Gasteiger partial charge in [-0.2, -0.15) is 0 Å². The van der Waals surface area contributed by atoms with E-state index in [1.807, 2.05) is 0 Å². The number of phosphoric acid groups is 2. The van der Waals surface area contributed by atoms with Crippen LogP contribution in [0.5, 0.6) is 0 Å². The maximum absolute atomic E-state index is 13.2. The Balaban J connectivity index is 1.16. The average Bonchev–Trinajstić information content (AvgIpc) is 3.72. The number of carbonyl (C=O) groups is 1. The average molecular weight is 680 g/mol. The lowest BCUT2D eigenvalue weighted by molar-refractivity contribution is -0.133. The number of carbonyl (C=O) groups excluding carboxylic acids is 1. The first-order valence-electron chi connectivity index (χ1n) is 13.5. The minimum Gasteiger partial charge on any atom is -0.387 e. The number of rotatable bonds is 2. The lowest BCUT2D eigenvalue weighted by Gasteiger charge is -2.38. The summed E-state index contributed by atoms with van der Waals surface area (Å²) in [4.78, 5) is 47.3. The fourth-order valence-electron chi connectivity index (χ4n) is 5.96. The van der Waals surface area contributed by atoms with Gasteiger partial charge in [-0.05, 0) is 0 Å². The third kappa shape index (κ3) is 5.67. The molecule has 0 saturated carbocycles. The molecule has 13 atom stereocenters. The topological polar surface area (TPSA) is 322 Å². The smallest absolute Gasteiger partial charge is 0.387 e. The number of aromatic nitrogens is 4. The summed E-state index contributed by atoms with van der Waals surface area (Å²) in [6.07, 6.45) is -11.5. The molecule has 0 spiro atoms. The molecule has 5 saturated heterocycles. The molecule has 25 heteroatoms. The fraction of sp³-hybridized carbons (Fsp3) is 0.700. The second kappa shape index (κ2) is 11.5. The molecule has 45 heavy (non-hydrogen) atoms. The molecule has 0 aromatic carbocycles. The summed E-state index contributed by atoms with van der Waals surface area (Å²) in [7, 11) is -10.1. The van der Waals surface area contributed by atoms with Crippen LogP contribution in [0.2, 0.25) is 0 Å². The third-order valence-corrected chi connectivity index (χ3v) is 9.99. The van der Waals surface area contributed by atoms with E-state index in [-0.39, 0.29) is 23.7 Å². The van der Waals surface area contributed by atoms with Gasteiger partial charge in [0.25, 0.3) is 0 Å². The number of nitrogens with zero attached hydrogens (tertiary/aromatic N) is 5. The summed E-state index contributed by atoms with van der Waals surface area (Å²) in [5.74, 6) is -0.379. The van der Waals surface area contributed by atoms with Crippen molar-refractivity contribution in [2.45, 2.75) is 67.6 Å². The Hall–Kier alpha value is -2.28. The number of hydrogen-bond acceptors (Lipinski definition) is 19. The molecule has 11 N–H and O–H groups in total. The van der Waals surface area contributed by atoms with Crippen molar-refractivity contribution in [2.24, 2.45) is 5.73 Å². The molecule has 23 nitrogen and oxygen atoms in total. The van der Waals surface area contributed by atoms with E-state index in [1.54, 1.807) is 0 Å². The number of nitrogen functional groups attached to an aromatic ring is 1. The van der Waals surface area contributed by atoms with Crippen LogP contribution in [0, 0.1) is 0 Å².